The van der Waals surface area contributed by atoms with Crippen LogP contribution in [0.15, 0.2) is 29.4 Å². The number of alkyl halides is 1. The minimum atomic E-state index is 0.0654. The van der Waals surface area contributed by atoms with E-state index in [0.717, 1.165) is 16.6 Å². The van der Waals surface area contributed by atoms with Crippen molar-refractivity contribution in [2.45, 2.75) is 6.54 Å². The summed E-state index contributed by atoms with van der Waals surface area (Å²) in [4.78, 5) is 4.16. The zero-order valence-electron chi connectivity index (χ0n) is 9.17. The van der Waals surface area contributed by atoms with Gasteiger partial charge in [-0.25, -0.2) is 4.99 Å². The number of rotatable bonds is 4. The maximum Gasteiger partial charge on any atom is 0.115 e. The van der Waals surface area contributed by atoms with E-state index in [0.29, 0.717) is 12.4 Å². The Morgan fingerprint density at radius 3 is 3.06 bits per heavy atom. The number of aliphatic hydroxyl groups excluding tert-OH is 1. The van der Waals surface area contributed by atoms with Crippen molar-refractivity contribution in [1.82, 2.24) is 9.78 Å². The summed E-state index contributed by atoms with van der Waals surface area (Å²) in [5.74, 6) is 0.593. The first-order chi connectivity index (χ1) is 8.24. The lowest BCUT2D eigenvalue weighted by molar-refractivity contribution is 0.271. The van der Waals surface area contributed by atoms with Gasteiger partial charge in [-0.15, -0.1) is 11.6 Å². The van der Waals surface area contributed by atoms with Crippen LogP contribution in [0.4, 0.5) is 5.69 Å². The number of amidine groups is 1. The molecule has 0 unspecified atom stereocenters. The van der Waals surface area contributed by atoms with Crippen LogP contribution in [0.5, 0.6) is 0 Å². The number of hydrogen-bond acceptors (Lipinski definition) is 3. The summed E-state index contributed by atoms with van der Waals surface area (Å²) in [6, 6.07) is 5.63. The summed E-state index contributed by atoms with van der Waals surface area (Å²) < 4.78 is 1.74. The number of fused-ring (bicyclic) bond motifs is 1. The molecule has 0 atom stereocenters. The van der Waals surface area contributed by atoms with E-state index < -0.39 is 0 Å². The van der Waals surface area contributed by atoms with E-state index in [2.05, 4.69) is 10.1 Å². The monoisotopic (exact) mass is 252 g/mol. The maximum atomic E-state index is 8.89. The first kappa shape index (κ1) is 11.9. The van der Waals surface area contributed by atoms with Gasteiger partial charge in [-0.3, -0.25) is 4.68 Å². The Morgan fingerprint density at radius 2 is 2.35 bits per heavy atom. The first-order valence-electron chi connectivity index (χ1n) is 5.20. The van der Waals surface area contributed by atoms with Gasteiger partial charge in [0.25, 0.3) is 0 Å². The van der Waals surface area contributed by atoms with Crippen LogP contribution in [0.25, 0.3) is 10.9 Å². The van der Waals surface area contributed by atoms with Crippen LogP contribution in [0.3, 0.4) is 0 Å². The zero-order valence-corrected chi connectivity index (χ0v) is 9.93. The number of nitrogens with two attached hydrogens (primary N) is 1. The van der Waals surface area contributed by atoms with Crippen LogP contribution in [0, 0.1) is 0 Å². The van der Waals surface area contributed by atoms with Gasteiger partial charge in [0.2, 0.25) is 0 Å². The third-order valence-electron chi connectivity index (χ3n) is 2.35. The molecule has 17 heavy (non-hydrogen) atoms. The van der Waals surface area contributed by atoms with Gasteiger partial charge in [0.1, 0.15) is 5.84 Å². The summed E-state index contributed by atoms with van der Waals surface area (Å²) >= 11 is 5.57. The van der Waals surface area contributed by atoms with E-state index >= 15 is 0 Å². The molecule has 0 spiro atoms. The molecule has 0 saturated heterocycles. The van der Waals surface area contributed by atoms with Crippen molar-refractivity contribution in [3.8, 4) is 0 Å². The number of halogens is 1. The van der Waals surface area contributed by atoms with E-state index in [1.165, 1.54) is 0 Å². The van der Waals surface area contributed by atoms with E-state index in [-0.39, 0.29) is 12.5 Å². The minimum absolute atomic E-state index is 0.0654. The molecule has 90 valence electrons. The second kappa shape index (κ2) is 5.16. The van der Waals surface area contributed by atoms with Crippen molar-refractivity contribution in [3.63, 3.8) is 0 Å². The van der Waals surface area contributed by atoms with E-state index in [9.17, 15) is 0 Å². The number of aliphatic hydroxyl groups is 1. The van der Waals surface area contributed by atoms with Crippen molar-refractivity contribution in [3.05, 3.63) is 24.4 Å². The Morgan fingerprint density at radius 1 is 1.53 bits per heavy atom. The van der Waals surface area contributed by atoms with Gasteiger partial charge in [0.15, 0.2) is 0 Å². The molecule has 6 heteroatoms. The Kier molecular flexibility index (Phi) is 3.61. The van der Waals surface area contributed by atoms with Gasteiger partial charge < -0.3 is 10.8 Å². The van der Waals surface area contributed by atoms with Crippen LogP contribution in [0.2, 0.25) is 0 Å². The molecule has 0 saturated carbocycles. The highest BCUT2D eigenvalue weighted by molar-refractivity contribution is 6.28. The summed E-state index contributed by atoms with van der Waals surface area (Å²) in [6.07, 6.45) is 1.74. The fourth-order valence-corrected chi connectivity index (χ4v) is 1.67. The third kappa shape index (κ3) is 2.57. The molecule has 0 amide bonds. The Bertz CT molecular complexity index is 549. The molecule has 1 aromatic heterocycles. The molecule has 0 aliphatic rings. The third-order valence-corrected chi connectivity index (χ3v) is 2.62. The SMILES string of the molecule is NC(CCl)=Nc1ccc2c(cnn2CCO)c1. The number of hydrogen-bond donors (Lipinski definition) is 2. The van der Waals surface area contributed by atoms with Crippen molar-refractivity contribution in [2.75, 3.05) is 12.5 Å². The smallest absolute Gasteiger partial charge is 0.115 e. The predicted octanol–water partition coefficient (Wildman–Crippen LogP) is 1.26. The van der Waals surface area contributed by atoms with Crippen molar-refractivity contribution >= 4 is 34.0 Å². The predicted molar refractivity (Wildman–Crippen MR) is 68.8 cm³/mol. The van der Waals surface area contributed by atoms with Crippen molar-refractivity contribution in [2.24, 2.45) is 10.7 Å². The van der Waals surface area contributed by atoms with Gasteiger partial charge >= 0.3 is 0 Å². The van der Waals surface area contributed by atoms with Crippen LogP contribution in [0.1, 0.15) is 0 Å². The molecular formula is C11H13ClN4O. The molecule has 1 aromatic carbocycles. The quantitative estimate of drug-likeness (QED) is 0.489. The van der Waals surface area contributed by atoms with Crippen molar-refractivity contribution < 1.29 is 5.11 Å². The Hall–Kier alpha value is -1.59. The lowest BCUT2D eigenvalue weighted by atomic mass is 10.2. The Labute approximate surface area is 104 Å². The van der Waals surface area contributed by atoms with Gasteiger partial charge in [-0.1, -0.05) is 0 Å². The lowest BCUT2D eigenvalue weighted by Crippen LogP contribution is -2.12. The molecule has 1 heterocycles. The second-order valence-electron chi connectivity index (χ2n) is 3.57. The zero-order chi connectivity index (χ0) is 12.3. The van der Waals surface area contributed by atoms with Crippen LogP contribution in [-0.4, -0.2) is 33.2 Å². The molecule has 0 aliphatic heterocycles. The summed E-state index contributed by atoms with van der Waals surface area (Å²) in [5.41, 5.74) is 7.28. The largest absolute Gasteiger partial charge is 0.394 e. The van der Waals surface area contributed by atoms with Gasteiger partial charge in [-0.2, -0.15) is 5.10 Å². The van der Waals surface area contributed by atoms with E-state index in [1.807, 2.05) is 18.2 Å². The molecule has 3 N–H and O–H groups in total. The fraction of sp³-hybridized carbons (Fsp3) is 0.273. The van der Waals surface area contributed by atoms with Crippen LogP contribution >= 0.6 is 11.6 Å². The number of aliphatic imine (C=N–C) groups is 1. The molecule has 0 radical (unpaired) electrons. The summed E-state index contributed by atoms with van der Waals surface area (Å²) in [5, 5.41) is 14.0. The number of aromatic nitrogens is 2. The molecule has 2 aromatic rings. The maximum absolute atomic E-state index is 8.89. The average molecular weight is 253 g/mol. The minimum Gasteiger partial charge on any atom is -0.394 e. The number of nitrogens with zero attached hydrogens (tertiary/aromatic N) is 3. The standard InChI is InChI=1S/C11H13ClN4O/c12-6-11(13)15-9-1-2-10-8(5-9)7-14-16(10)3-4-17/h1-2,5,7,17H,3-4,6H2,(H2,13,15). The fourth-order valence-electron chi connectivity index (χ4n) is 1.61. The average Bonchev–Trinajstić information content (AvgIpc) is 2.72. The topological polar surface area (TPSA) is 76.4 Å². The molecule has 5 nitrogen and oxygen atoms in total. The second-order valence-corrected chi connectivity index (χ2v) is 3.84. The van der Waals surface area contributed by atoms with Gasteiger partial charge in [-0.05, 0) is 18.2 Å². The lowest BCUT2D eigenvalue weighted by Gasteiger charge is -2.01. The normalized spacial score (nSPS) is 12.2. The molecule has 2 rings (SSSR count). The van der Waals surface area contributed by atoms with Crippen LogP contribution < -0.4 is 5.73 Å². The number of benzene rings is 1. The van der Waals surface area contributed by atoms with Crippen LogP contribution in [-0.2, 0) is 6.54 Å². The van der Waals surface area contributed by atoms with E-state index in [1.54, 1.807) is 10.9 Å². The first-order valence-corrected chi connectivity index (χ1v) is 5.73. The molecule has 0 bridgehead atoms. The highest BCUT2D eigenvalue weighted by Gasteiger charge is 2.03. The Balaban J connectivity index is 2.39. The molecule has 0 fully saturated rings. The summed E-state index contributed by atoms with van der Waals surface area (Å²) in [6.45, 7) is 0.547. The highest BCUT2D eigenvalue weighted by atomic mass is 35.5. The van der Waals surface area contributed by atoms with E-state index in [4.69, 9.17) is 22.4 Å². The molecule has 0 aliphatic carbocycles. The van der Waals surface area contributed by atoms with Gasteiger partial charge in [0, 0.05) is 5.39 Å². The highest BCUT2D eigenvalue weighted by Crippen LogP contribution is 2.21. The summed E-state index contributed by atoms with van der Waals surface area (Å²) in [7, 11) is 0. The van der Waals surface area contributed by atoms with Gasteiger partial charge in [0.05, 0.1) is 36.4 Å². The molecular weight excluding hydrogens is 240 g/mol. The van der Waals surface area contributed by atoms with Crippen molar-refractivity contribution in [1.29, 1.82) is 0 Å².